The van der Waals surface area contributed by atoms with Crippen molar-refractivity contribution in [1.82, 2.24) is 10.6 Å². The molecular formula is C22H32IN3O2S. The number of ether oxygens (including phenoxy) is 2. The molecule has 1 aliphatic rings. The zero-order valence-corrected chi connectivity index (χ0v) is 20.4. The molecule has 29 heavy (non-hydrogen) atoms. The number of halogens is 1. The Morgan fingerprint density at radius 1 is 1.10 bits per heavy atom. The molecule has 0 atom stereocenters. The summed E-state index contributed by atoms with van der Waals surface area (Å²) in [6, 6.07) is 12.9. The second kappa shape index (κ2) is 13.2. The molecule has 1 aromatic carbocycles. The molecule has 2 heterocycles. The van der Waals surface area contributed by atoms with Crippen molar-refractivity contribution in [1.29, 1.82) is 0 Å². The summed E-state index contributed by atoms with van der Waals surface area (Å²) in [6.07, 6.45) is 3.40. The molecule has 3 rings (SSSR count). The minimum Gasteiger partial charge on any atom is -0.381 e. The van der Waals surface area contributed by atoms with Crippen molar-refractivity contribution in [2.75, 3.05) is 20.3 Å². The summed E-state index contributed by atoms with van der Waals surface area (Å²) in [5.41, 5.74) is 2.43. The molecule has 2 aromatic rings. The molecule has 0 unspecified atom stereocenters. The maximum Gasteiger partial charge on any atom is 0.191 e. The van der Waals surface area contributed by atoms with E-state index in [-0.39, 0.29) is 24.0 Å². The molecule has 0 spiro atoms. The number of rotatable bonds is 8. The number of aliphatic imine (C=N–C) groups is 1. The summed E-state index contributed by atoms with van der Waals surface area (Å²) in [5.74, 6) is 0.815. The standard InChI is InChI=1S/C22H31N3O2S.HI/c1-3-20-7-8-21(28-20)15-25-22(23-2)24-14-17-5-4-6-18(13-17)16-27-19-9-11-26-12-10-19;/h4-8,13,19H,3,9-12,14-16H2,1-2H3,(H2,23,24,25);1H. The summed E-state index contributed by atoms with van der Waals surface area (Å²) < 4.78 is 11.4. The lowest BCUT2D eigenvalue weighted by Crippen LogP contribution is -2.36. The van der Waals surface area contributed by atoms with Gasteiger partial charge in [0.25, 0.3) is 0 Å². The van der Waals surface area contributed by atoms with Crippen molar-refractivity contribution in [2.24, 2.45) is 4.99 Å². The van der Waals surface area contributed by atoms with Crippen LogP contribution < -0.4 is 10.6 Å². The van der Waals surface area contributed by atoms with Gasteiger partial charge in [0.05, 0.1) is 19.3 Å². The first-order valence-electron chi connectivity index (χ1n) is 10.1. The lowest BCUT2D eigenvalue weighted by molar-refractivity contribution is -0.0390. The highest BCUT2D eigenvalue weighted by Gasteiger charge is 2.14. The Hall–Kier alpha value is -1.16. The number of nitrogens with zero attached hydrogens (tertiary/aromatic N) is 1. The van der Waals surface area contributed by atoms with Crippen LogP contribution in [0.5, 0.6) is 0 Å². The lowest BCUT2D eigenvalue weighted by atomic mass is 10.1. The van der Waals surface area contributed by atoms with E-state index in [1.807, 2.05) is 11.3 Å². The molecule has 160 valence electrons. The molecule has 0 aliphatic carbocycles. The molecule has 0 bridgehead atoms. The highest BCUT2D eigenvalue weighted by molar-refractivity contribution is 14.0. The van der Waals surface area contributed by atoms with E-state index in [9.17, 15) is 0 Å². The van der Waals surface area contributed by atoms with Crippen molar-refractivity contribution in [3.05, 3.63) is 57.3 Å². The average Bonchev–Trinajstić information content (AvgIpc) is 3.21. The van der Waals surface area contributed by atoms with Gasteiger partial charge in [-0.25, -0.2) is 0 Å². The Labute approximate surface area is 195 Å². The lowest BCUT2D eigenvalue weighted by Gasteiger charge is -2.22. The third-order valence-corrected chi connectivity index (χ3v) is 6.05. The fraction of sp³-hybridized carbons (Fsp3) is 0.500. The van der Waals surface area contributed by atoms with E-state index in [2.05, 4.69) is 58.9 Å². The van der Waals surface area contributed by atoms with Gasteiger partial charge in [0.15, 0.2) is 5.96 Å². The number of aryl methyl sites for hydroxylation is 1. The van der Waals surface area contributed by atoms with E-state index >= 15 is 0 Å². The summed E-state index contributed by atoms with van der Waals surface area (Å²) in [6.45, 7) is 5.99. The van der Waals surface area contributed by atoms with Crippen LogP contribution in [-0.2, 0) is 35.6 Å². The molecule has 0 radical (unpaired) electrons. The van der Waals surface area contributed by atoms with Gasteiger partial charge in [0.1, 0.15) is 0 Å². The average molecular weight is 529 g/mol. The third-order valence-electron chi connectivity index (χ3n) is 4.82. The molecule has 1 fully saturated rings. The Kier molecular flexibility index (Phi) is 11.0. The predicted octanol–water partition coefficient (Wildman–Crippen LogP) is 4.49. The van der Waals surface area contributed by atoms with Crippen LogP contribution in [0.4, 0.5) is 0 Å². The highest BCUT2D eigenvalue weighted by Crippen LogP contribution is 2.16. The largest absolute Gasteiger partial charge is 0.381 e. The van der Waals surface area contributed by atoms with Crippen LogP contribution >= 0.6 is 35.3 Å². The summed E-state index contributed by atoms with van der Waals surface area (Å²) >= 11 is 1.85. The Bertz CT molecular complexity index is 760. The van der Waals surface area contributed by atoms with Gasteiger partial charge in [-0.2, -0.15) is 0 Å². The van der Waals surface area contributed by atoms with Gasteiger partial charge in [0.2, 0.25) is 0 Å². The van der Waals surface area contributed by atoms with E-state index in [1.165, 1.54) is 20.9 Å². The second-order valence-electron chi connectivity index (χ2n) is 6.94. The van der Waals surface area contributed by atoms with Crippen LogP contribution in [0.1, 0.15) is 40.6 Å². The number of nitrogens with one attached hydrogen (secondary N) is 2. The fourth-order valence-corrected chi connectivity index (χ4v) is 4.07. The van der Waals surface area contributed by atoms with Crippen molar-refractivity contribution >= 4 is 41.3 Å². The SMILES string of the molecule is CCc1ccc(CNC(=NC)NCc2cccc(COC3CCOCC3)c2)s1.I. The zero-order valence-electron chi connectivity index (χ0n) is 17.3. The van der Waals surface area contributed by atoms with Crippen LogP contribution in [0.3, 0.4) is 0 Å². The monoisotopic (exact) mass is 529 g/mol. The number of benzene rings is 1. The van der Waals surface area contributed by atoms with Crippen LogP contribution in [-0.4, -0.2) is 32.3 Å². The molecule has 0 saturated carbocycles. The molecule has 1 aromatic heterocycles. The maximum atomic E-state index is 6.03. The first kappa shape index (κ1) is 24.1. The van der Waals surface area contributed by atoms with E-state index in [0.717, 1.165) is 51.5 Å². The smallest absolute Gasteiger partial charge is 0.191 e. The normalized spacial score (nSPS) is 15.0. The van der Waals surface area contributed by atoms with Gasteiger partial charge in [0, 0.05) is 36.6 Å². The third kappa shape index (κ3) is 8.24. The number of hydrogen-bond acceptors (Lipinski definition) is 4. The number of guanidine groups is 1. The fourth-order valence-electron chi connectivity index (χ4n) is 3.17. The maximum absolute atomic E-state index is 6.03. The molecular weight excluding hydrogens is 497 g/mol. The van der Waals surface area contributed by atoms with Gasteiger partial charge in [-0.1, -0.05) is 31.2 Å². The van der Waals surface area contributed by atoms with Crippen LogP contribution in [0.25, 0.3) is 0 Å². The van der Waals surface area contributed by atoms with Gasteiger partial charge in [-0.3, -0.25) is 4.99 Å². The molecule has 2 N–H and O–H groups in total. The highest BCUT2D eigenvalue weighted by atomic mass is 127. The topological polar surface area (TPSA) is 54.9 Å². The van der Waals surface area contributed by atoms with E-state index in [0.29, 0.717) is 12.7 Å². The summed E-state index contributed by atoms with van der Waals surface area (Å²) in [7, 11) is 1.80. The van der Waals surface area contributed by atoms with Crippen molar-refractivity contribution in [3.8, 4) is 0 Å². The molecule has 0 amide bonds. The predicted molar refractivity (Wildman–Crippen MR) is 131 cm³/mol. The van der Waals surface area contributed by atoms with E-state index in [1.54, 1.807) is 7.05 Å². The number of hydrogen-bond donors (Lipinski definition) is 2. The summed E-state index contributed by atoms with van der Waals surface area (Å²) in [4.78, 5) is 7.07. The Morgan fingerprint density at radius 3 is 2.55 bits per heavy atom. The number of thiophene rings is 1. The van der Waals surface area contributed by atoms with Gasteiger partial charge < -0.3 is 20.1 Å². The first-order chi connectivity index (χ1) is 13.8. The van der Waals surface area contributed by atoms with E-state index < -0.39 is 0 Å². The van der Waals surface area contributed by atoms with Crippen LogP contribution in [0.2, 0.25) is 0 Å². The minimum atomic E-state index is 0. The van der Waals surface area contributed by atoms with Crippen molar-refractivity contribution in [3.63, 3.8) is 0 Å². The summed E-state index contributed by atoms with van der Waals surface area (Å²) in [5, 5.41) is 6.78. The van der Waals surface area contributed by atoms with Crippen LogP contribution in [0, 0.1) is 0 Å². The Balaban J connectivity index is 0.00000300. The van der Waals surface area contributed by atoms with Crippen molar-refractivity contribution in [2.45, 2.75) is 52.0 Å². The minimum absolute atomic E-state index is 0. The quantitative estimate of drug-likeness (QED) is 0.301. The molecule has 1 aliphatic heterocycles. The molecule has 1 saturated heterocycles. The Morgan fingerprint density at radius 2 is 1.83 bits per heavy atom. The molecule has 7 heteroatoms. The zero-order chi connectivity index (χ0) is 19.6. The van der Waals surface area contributed by atoms with Gasteiger partial charge >= 0.3 is 0 Å². The van der Waals surface area contributed by atoms with Gasteiger partial charge in [-0.15, -0.1) is 35.3 Å². The first-order valence-corrected chi connectivity index (χ1v) is 10.9. The van der Waals surface area contributed by atoms with Crippen molar-refractivity contribution < 1.29 is 9.47 Å². The second-order valence-corrected chi connectivity index (χ2v) is 8.20. The van der Waals surface area contributed by atoms with Gasteiger partial charge in [-0.05, 0) is 42.5 Å². The van der Waals surface area contributed by atoms with Crippen LogP contribution in [0.15, 0.2) is 41.4 Å². The molecule has 5 nitrogen and oxygen atoms in total. The van der Waals surface area contributed by atoms with E-state index in [4.69, 9.17) is 9.47 Å².